The minimum absolute atomic E-state index is 0.162. The number of halogens is 1. The largest absolute Gasteiger partial charge is 0.379 e. The first-order chi connectivity index (χ1) is 10.5. The van der Waals surface area contributed by atoms with Crippen LogP contribution in [0.25, 0.3) is 0 Å². The van der Waals surface area contributed by atoms with Crippen LogP contribution in [0.3, 0.4) is 0 Å². The Morgan fingerprint density at radius 3 is 2.82 bits per heavy atom. The van der Waals surface area contributed by atoms with Crippen LogP contribution in [0.4, 0.5) is 4.79 Å². The molecule has 0 atom stereocenters. The van der Waals surface area contributed by atoms with Crippen LogP contribution < -0.4 is 10.6 Å². The Morgan fingerprint density at radius 1 is 1.36 bits per heavy atom. The molecule has 0 radical (unpaired) electrons. The molecular formula is C17H25ClN2O2. The number of carbonyl (C=O) groups is 1. The van der Waals surface area contributed by atoms with Crippen molar-refractivity contribution in [1.29, 1.82) is 0 Å². The zero-order valence-corrected chi connectivity index (χ0v) is 14.1. The van der Waals surface area contributed by atoms with Gasteiger partial charge in [0, 0.05) is 30.1 Å². The van der Waals surface area contributed by atoms with Gasteiger partial charge in [-0.25, -0.2) is 4.79 Å². The molecule has 4 nitrogen and oxygen atoms in total. The number of amides is 2. The molecule has 22 heavy (non-hydrogen) atoms. The van der Waals surface area contributed by atoms with E-state index < -0.39 is 0 Å². The Hall–Kier alpha value is -1.26. The van der Waals surface area contributed by atoms with Gasteiger partial charge in [0.05, 0.1) is 6.61 Å². The normalized spacial score (nSPS) is 14.7. The maximum Gasteiger partial charge on any atom is 0.314 e. The summed E-state index contributed by atoms with van der Waals surface area (Å²) in [7, 11) is 0. The van der Waals surface area contributed by atoms with Crippen LogP contribution >= 0.6 is 11.6 Å². The Balaban J connectivity index is 1.65. The number of urea groups is 1. The highest BCUT2D eigenvalue weighted by atomic mass is 35.5. The van der Waals surface area contributed by atoms with E-state index in [1.54, 1.807) is 0 Å². The van der Waals surface area contributed by atoms with Crippen LogP contribution in [0.1, 0.15) is 32.3 Å². The standard InChI is InChI=1S/C17H25ClN2O2/c1-17(2,14-4-3-5-15(18)10-14)12-20-16(21)19-8-9-22-11-13-6-7-13/h3-5,10,13H,6-9,11-12H2,1-2H3,(H2,19,20,21). The van der Waals surface area contributed by atoms with E-state index in [4.69, 9.17) is 16.3 Å². The van der Waals surface area contributed by atoms with Crippen molar-refractivity contribution in [1.82, 2.24) is 10.6 Å². The lowest BCUT2D eigenvalue weighted by Crippen LogP contribution is -2.43. The number of hydrogen-bond donors (Lipinski definition) is 2. The van der Waals surface area contributed by atoms with Gasteiger partial charge >= 0.3 is 6.03 Å². The second-order valence-electron chi connectivity index (χ2n) is 6.52. The third-order valence-corrected chi connectivity index (χ3v) is 4.11. The first-order valence-corrected chi connectivity index (χ1v) is 8.21. The quantitative estimate of drug-likeness (QED) is 0.720. The molecule has 0 aromatic heterocycles. The molecule has 1 aromatic carbocycles. The van der Waals surface area contributed by atoms with Crippen molar-refractivity contribution in [2.75, 3.05) is 26.3 Å². The van der Waals surface area contributed by atoms with Crippen molar-refractivity contribution in [3.05, 3.63) is 34.9 Å². The summed E-state index contributed by atoms with van der Waals surface area (Å²) in [5.74, 6) is 0.757. The highest BCUT2D eigenvalue weighted by Crippen LogP contribution is 2.28. The molecule has 0 saturated heterocycles. The van der Waals surface area contributed by atoms with Crippen molar-refractivity contribution in [3.8, 4) is 0 Å². The van der Waals surface area contributed by atoms with Gasteiger partial charge in [-0.15, -0.1) is 0 Å². The third kappa shape index (κ3) is 5.85. The molecule has 0 aliphatic heterocycles. The summed E-state index contributed by atoms with van der Waals surface area (Å²) in [5.41, 5.74) is 0.929. The lowest BCUT2D eigenvalue weighted by atomic mass is 9.85. The molecule has 1 aromatic rings. The van der Waals surface area contributed by atoms with Crippen LogP contribution in [0.5, 0.6) is 0 Å². The summed E-state index contributed by atoms with van der Waals surface area (Å²) in [6, 6.07) is 7.58. The molecule has 1 saturated carbocycles. The maximum absolute atomic E-state index is 11.8. The Bertz CT molecular complexity index is 501. The van der Waals surface area contributed by atoms with Crippen molar-refractivity contribution in [2.45, 2.75) is 32.1 Å². The molecule has 5 heteroatoms. The number of benzene rings is 1. The van der Waals surface area contributed by atoms with Crippen LogP contribution in [-0.2, 0) is 10.2 Å². The third-order valence-electron chi connectivity index (χ3n) is 3.88. The Morgan fingerprint density at radius 2 is 2.14 bits per heavy atom. The number of nitrogens with one attached hydrogen (secondary N) is 2. The van der Waals surface area contributed by atoms with Gasteiger partial charge in [-0.3, -0.25) is 0 Å². The maximum atomic E-state index is 11.8. The molecule has 2 rings (SSSR count). The zero-order valence-electron chi connectivity index (χ0n) is 13.3. The predicted octanol–water partition coefficient (Wildman–Crippen LogP) is 3.34. The minimum atomic E-state index is -0.176. The lowest BCUT2D eigenvalue weighted by molar-refractivity contribution is 0.127. The molecule has 1 aliphatic carbocycles. The van der Waals surface area contributed by atoms with Gasteiger partial charge in [0.15, 0.2) is 0 Å². The highest BCUT2D eigenvalue weighted by Gasteiger charge is 2.22. The van der Waals surface area contributed by atoms with Gasteiger partial charge in [0.2, 0.25) is 0 Å². The topological polar surface area (TPSA) is 50.4 Å². The van der Waals surface area contributed by atoms with Crippen LogP contribution in [0, 0.1) is 5.92 Å². The number of hydrogen-bond acceptors (Lipinski definition) is 2. The summed E-state index contributed by atoms with van der Waals surface area (Å²) in [6.45, 7) is 6.64. The first kappa shape index (κ1) is 17.1. The minimum Gasteiger partial charge on any atom is -0.379 e. The van der Waals surface area contributed by atoms with Crippen LogP contribution in [0.2, 0.25) is 5.02 Å². The second kappa shape index (κ2) is 7.84. The molecule has 2 amide bonds. The number of rotatable bonds is 8. The molecule has 2 N–H and O–H groups in total. The first-order valence-electron chi connectivity index (χ1n) is 7.83. The van der Waals surface area contributed by atoms with E-state index >= 15 is 0 Å². The predicted molar refractivity (Wildman–Crippen MR) is 89.4 cm³/mol. The highest BCUT2D eigenvalue weighted by molar-refractivity contribution is 6.30. The van der Waals surface area contributed by atoms with Gasteiger partial charge in [-0.1, -0.05) is 37.6 Å². The molecule has 0 spiro atoms. The van der Waals surface area contributed by atoms with Crippen molar-refractivity contribution >= 4 is 17.6 Å². The molecular weight excluding hydrogens is 300 g/mol. The van der Waals surface area contributed by atoms with Crippen LogP contribution in [-0.4, -0.2) is 32.3 Å². The van der Waals surface area contributed by atoms with Crippen molar-refractivity contribution in [2.24, 2.45) is 5.92 Å². The van der Waals surface area contributed by atoms with Gasteiger partial charge in [0.25, 0.3) is 0 Å². The van der Waals surface area contributed by atoms with Gasteiger partial charge in [0.1, 0.15) is 0 Å². The van der Waals surface area contributed by atoms with E-state index in [1.807, 2.05) is 24.3 Å². The van der Waals surface area contributed by atoms with Crippen molar-refractivity contribution in [3.63, 3.8) is 0 Å². The monoisotopic (exact) mass is 324 g/mol. The van der Waals surface area contributed by atoms with E-state index in [-0.39, 0.29) is 11.4 Å². The van der Waals surface area contributed by atoms with E-state index in [1.165, 1.54) is 12.8 Å². The van der Waals surface area contributed by atoms with Gasteiger partial charge in [-0.2, -0.15) is 0 Å². The zero-order chi connectivity index (χ0) is 16.0. The molecule has 1 aliphatic rings. The Kier molecular flexibility index (Phi) is 6.09. The van der Waals surface area contributed by atoms with Crippen LogP contribution in [0.15, 0.2) is 24.3 Å². The molecule has 0 bridgehead atoms. The summed E-state index contributed by atoms with van der Waals surface area (Å²) < 4.78 is 5.48. The fourth-order valence-electron chi connectivity index (χ4n) is 2.15. The average Bonchev–Trinajstić information content (AvgIpc) is 3.29. The van der Waals surface area contributed by atoms with Gasteiger partial charge in [-0.05, 0) is 36.5 Å². The molecule has 0 unspecified atom stereocenters. The molecule has 0 heterocycles. The van der Waals surface area contributed by atoms with E-state index in [9.17, 15) is 4.79 Å². The number of ether oxygens (including phenoxy) is 1. The fourth-order valence-corrected chi connectivity index (χ4v) is 2.34. The Labute approximate surface area is 137 Å². The lowest BCUT2D eigenvalue weighted by Gasteiger charge is -2.26. The molecule has 1 fully saturated rings. The summed E-state index contributed by atoms with van der Waals surface area (Å²) in [4.78, 5) is 11.8. The number of carbonyl (C=O) groups excluding carboxylic acids is 1. The summed E-state index contributed by atoms with van der Waals surface area (Å²) in [5, 5.41) is 6.43. The summed E-state index contributed by atoms with van der Waals surface area (Å²) in [6.07, 6.45) is 2.57. The van der Waals surface area contributed by atoms with Gasteiger partial charge < -0.3 is 15.4 Å². The SMILES string of the molecule is CC(C)(CNC(=O)NCCOCC1CC1)c1cccc(Cl)c1. The van der Waals surface area contributed by atoms with E-state index in [0.717, 1.165) is 18.1 Å². The van der Waals surface area contributed by atoms with Crippen molar-refractivity contribution < 1.29 is 9.53 Å². The summed E-state index contributed by atoms with van der Waals surface area (Å²) >= 11 is 6.02. The van der Waals surface area contributed by atoms with E-state index in [2.05, 4.69) is 24.5 Å². The molecule has 122 valence electrons. The fraction of sp³-hybridized carbons (Fsp3) is 0.588. The average molecular weight is 325 g/mol. The second-order valence-corrected chi connectivity index (χ2v) is 6.96. The smallest absolute Gasteiger partial charge is 0.314 e. The van der Waals surface area contributed by atoms with E-state index in [0.29, 0.717) is 24.7 Å².